The van der Waals surface area contributed by atoms with Crippen molar-refractivity contribution in [2.75, 3.05) is 13.6 Å². The summed E-state index contributed by atoms with van der Waals surface area (Å²) >= 11 is 0. The highest BCUT2D eigenvalue weighted by Crippen LogP contribution is 2.26. The first-order valence-corrected chi connectivity index (χ1v) is 8.12. The zero-order chi connectivity index (χ0) is 19.1. The minimum atomic E-state index is -0.978. The number of para-hydroxylation sites is 1. The highest BCUT2D eigenvalue weighted by molar-refractivity contribution is 5.75. The highest BCUT2D eigenvalue weighted by atomic mass is 19.1. The Morgan fingerprint density at radius 2 is 1.92 bits per heavy atom. The van der Waals surface area contributed by atoms with Gasteiger partial charge in [0.1, 0.15) is 5.75 Å². The number of urea groups is 1. The number of halogens is 1. The van der Waals surface area contributed by atoms with Gasteiger partial charge in [-0.2, -0.15) is 0 Å². The van der Waals surface area contributed by atoms with Crippen LogP contribution in [0.1, 0.15) is 24.9 Å². The van der Waals surface area contributed by atoms with Crippen LogP contribution in [-0.2, 0) is 4.79 Å². The van der Waals surface area contributed by atoms with Crippen LogP contribution < -0.4 is 10.1 Å². The lowest BCUT2D eigenvalue weighted by Crippen LogP contribution is -2.39. The highest BCUT2D eigenvalue weighted by Gasteiger charge is 2.16. The minimum absolute atomic E-state index is 0.0894. The third kappa shape index (κ3) is 5.47. The number of ether oxygens (including phenoxy) is 1. The molecule has 0 aliphatic carbocycles. The van der Waals surface area contributed by atoms with Crippen LogP contribution in [0.25, 0.3) is 0 Å². The summed E-state index contributed by atoms with van der Waals surface area (Å²) in [6, 6.07) is 12.5. The standard InChI is InChI=1S/C19H21FN2O4/c1-13(21-19(25)22(2)11-10-18(23)24)14-8-9-17(16(20)12-14)26-15-6-4-3-5-7-15/h3-9,12-13H,10-11H2,1-2H3,(H,21,25)(H,23,24). The Morgan fingerprint density at radius 3 is 2.54 bits per heavy atom. The average molecular weight is 360 g/mol. The van der Waals surface area contributed by atoms with Crippen molar-refractivity contribution in [3.05, 3.63) is 59.9 Å². The van der Waals surface area contributed by atoms with Gasteiger partial charge in [-0.1, -0.05) is 24.3 Å². The van der Waals surface area contributed by atoms with Crippen molar-refractivity contribution >= 4 is 12.0 Å². The Kier molecular flexibility index (Phi) is 6.54. The van der Waals surface area contributed by atoms with Gasteiger partial charge in [-0.15, -0.1) is 0 Å². The van der Waals surface area contributed by atoms with E-state index in [0.29, 0.717) is 11.3 Å². The quantitative estimate of drug-likeness (QED) is 0.787. The molecule has 0 saturated carbocycles. The molecule has 7 heteroatoms. The Bertz CT molecular complexity index is 767. The fourth-order valence-electron chi connectivity index (χ4n) is 2.23. The molecule has 6 nitrogen and oxygen atoms in total. The summed E-state index contributed by atoms with van der Waals surface area (Å²) in [6.45, 7) is 1.81. The predicted molar refractivity (Wildman–Crippen MR) is 94.7 cm³/mol. The molecule has 138 valence electrons. The van der Waals surface area contributed by atoms with Crippen molar-refractivity contribution in [3.8, 4) is 11.5 Å². The van der Waals surface area contributed by atoms with Crippen LogP contribution in [0, 0.1) is 5.82 Å². The number of hydrogen-bond acceptors (Lipinski definition) is 3. The molecule has 0 saturated heterocycles. The summed E-state index contributed by atoms with van der Waals surface area (Å²) in [4.78, 5) is 23.9. The SMILES string of the molecule is CC(NC(=O)N(C)CCC(=O)O)c1ccc(Oc2ccccc2)c(F)c1. The fraction of sp³-hybridized carbons (Fsp3) is 0.263. The second-order valence-corrected chi connectivity index (χ2v) is 5.84. The van der Waals surface area contributed by atoms with Crippen LogP contribution in [0.3, 0.4) is 0 Å². The van der Waals surface area contributed by atoms with Gasteiger partial charge < -0.3 is 20.1 Å². The van der Waals surface area contributed by atoms with Gasteiger partial charge in [0.15, 0.2) is 11.6 Å². The van der Waals surface area contributed by atoms with Crippen LogP contribution in [0.4, 0.5) is 9.18 Å². The maximum Gasteiger partial charge on any atom is 0.317 e. The maximum absolute atomic E-state index is 14.3. The minimum Gasteiger partial charge on any atom is -0.481 e. The zero-order valence-corrected chi connectivity index (χ0v) is 14.6. The summed E-state index contributed by atoms with van der Waals surface area (Å²) in [7, 11) is 1.50. The van der Waals surface area contributed by atoms with E-state index in [1.807, 2.05) is 6.07 Å². The number of carboxylic acids is 1. The molecule has 0 bridgehead atoms. The van der Waals surface area contributed by atoms with Gasteiger partial charge in [0, 0.05) is 13.6 Å². The molecule has 26 heavy (non-hydrogen) atoms. The third-order valence-electron chi connectivity index (χ3n) is 3.77. The van der Waals surface area contributed by atoms with E-state index in [4.69, 9.17) is 9.84 Å². The number of nitrogens with zero attached hydrogens (tertiary/aromatic N) is 1. The molecule has 0 spiro atoms. The number of carbonyl (C=O) groups excluding carboxylic acids is 1. The summed E-state index contributed by atoms with van der Waals surface area (Å²) in [6.07, 6.45) is -0.140. The topological polar surface area (TPSA) is 78.9 Å². The molecule has 2 rings (SSSR count). The van der Waals surface area contributed by atoms with Gasteiger partial charge in [-0.05, 0) is 36.8 Å². The Labute approximate surface area is 151 Å². The number of nitrogens with one attached hydrogen (secondary N) is 1. The molecule has 1 atom stereocenters. The van der Waals surface area contributed by atoms with Crippen LogP contribution in [0.5, 0.6) is 11.5 Å². The third-order valence-corrected chi connectivity index (χ3v) is 3.77. The molecular formula is C19H21FN2O4. The van der Waals surface area contributed by atoms with Crippen molar-refractivity contribution in [2.45, 2.75) is 19.4 Å². The molecule has 2 aromatic carbocycles. The molecular weight excluding hydrogens is 339 g/mol. The van der Waals surface area contributed by atoms with Gasteiger partial charge in [0.2, 0.25) is 0 Å². The molecule has 2 N–H and O–H groups in total. The first-order chi connectivity index (χ1) is 12.4. The zero-order valence-electron chi connectivity index (χ0n) is 14.6. The monoisotopic (exact) mass is 360 g/mol. The molecule has 1 unspecified atom stereocenters. The van der Waals surface area contributed by atoms with Gasteiger partial charge in [0.25, 0.3) is 0 Å². The van der Waals surface area contributed by atoms with E-state index in [1.54, 1.807) is 37.3 Å². The number of carboxylic acid groups (broad SMARTS) is 1. The number of rotatable bonds is 7. The molecule has 0 radical (unpaired) electrons. The number of aliphatic carboxylic acids is 1. The lowest BCUT2D eigenvalue weighted by Gasteiger charge is -2.21. The van der Waals surface area contributed by atoms with E-state index in [1.165, 1.54) is 24.1 Å². The van der Waals surface area contributed by atoms with E-state index in [0.717, 1.165) is 0 Å². The normalized spacial score (nSPS) is 11.5. The maximum atomic E-state index is 14.3. The molecule has 2 aromatic rings. The lowest BCUT2D eigenvalue weighted by molar-refractivity contribution is -0.137. The van der Waals surface area contributed by atoms with Crippen molar-refractivity contribution in [1.82, 2.24) is 10.2 Å². The summed E-state index contributed by atoms with van der Waals surface area (Å²) in [5.74, 6) is -0.891. The van der Waals surface area contributed by atoms with Crippen molar-refractivity contribution in [1.29, 1.82) is 0 Å². The molecule has 0 fully saturated rings. The Balaban J connectivity index is 1.99. The second kappa shape index (κ2) is 8.84. The number of amides is 2. The summed E-state index contributed by atoms with van der Waals surface area (Å²) in [5, 5.41) is 11.4. The largest absolute Gasteiger partial charge is 0.481 e. The lowest BCUT2D eigenvalue weighted by atomic mass is 10.1. The van der Waals surface area contributed by atoms with Crippen LogP contribution >= 0.6 is 0 Å². The molecule has 0 heterocycles. The smallest absolute Gasteiger partial charge is 0.317 e. The van der Waals surface area contributed by atoms with E-state index in [2.05, 4.69) is 5.32 Å². The van der Waals surface area contributed by atoms with E-state index in [-0.39, 0.29) is 18.7 Å². The van der Waals surface area contributed by atoms with E-state index in [9.17, 15) is 14.0 Å². The van der Waals surface area contributed by atoms with E-state index >= 15 is 0 Å². The molecule has 2 amide bonds. The van der Waals surface area contributed by atoms with Crippen LogP contribution in [0.15, 0.2) is 48.5 Å². The molecule has 0 aliphatic heterocycles. The first kappa shape index (κ1) is 19.2. The first-order valence-electron chi connectivity index (χ1n) is 8.12. The van der Waals surface area contributed by atoms with Crippen LogP contribution in [-0.4, -0.2) is 35.6 Å². The van der Waals surface area contributed by atoms with Gasteiger partial charge >= 0.3 is 12.0 Å². The second-order valence-electron chi connectivity index (χ2n) is 5.84. The molecule has 0 aromatic heterocycles. The Hall–Kier alpha value is -3.09. The molecule has 0 aliphatic rings. The fourth-order valence-corrected chi connectivity index (χ4v) is 2.23. The van der Waals surface area contributed by atoms with Gasteiger partial charge in [-0.25, -0.2) is 9.18 Å². The van der Waals surface area contributed by atoms with Gasteiger partial charge in [-0.3, -0.25) is 4.79 Å². The van der Waals surface area contributed by atoms with E-state index < -0.39 is 23.9 Å². The number of hydrogen-bond donors (Lipinski definition) is 2. The summed E-state index contributed by atoms with van der Waals surface area (Å²) < 4.78 is 19.8. The van der Waals surface area contributed by atoms with Gasteiger partial charge in [0.05, 0.1) is 12.5 Å². The number of benzene rings is 2. The number of carbonyl (C=O) groups is 2. The van der Waals surface area contributed by atoms with Crippen molar-refractivity contribution in [2.24, 2.45) is 0 Å². The van der Waals surface area contributed by atoms with Crippen LogP contribution in [0.2, 0.25) is 0 Å². The van der Waals surface area contributed by atoms with Crippen molar-refractivity contribution < 1.29 is 23.8 Å². The summed E-state index contributed by atoms with van der Waals surface area (Å²) in [5.41, 5.74) is 0.572. The predicted octanol–water partition coefficient (Wildman–Crippen LogP) is 3.80. The van der Waals surface area contributed by atoms with Crippen molar-refractivity contribution in [3.63, 3.8) is 0 Å². The Morgan fingerprint density at radius 1 is 1.23 bits per heavy atom. The average Bonchev–Trinajstić information content (AvgIpc) is 2.62.